The van der Waals surface area contributed by atoms with Crippen molar-refractivity contribution in [2.45, 2.75) is 25.4 Å². The second-order valence-corrected chi connectivity index (χ2v) is 5.24. The van der Waals surface area contributed by atoms with Gasteiger partial charge in [-0.2, -0.15) is 0 Å². The van der Waals surface area contributed by atoms with Crippen LogP contribution in [0.25, 0.3) is 0 Å². The molecule has 1 aliphatic heterocycles. The molecule has 1 aromatic rings. The molecule has 6 heteroatoms. The van der Waals surface area contributed by atoms with Gasteiger partial charge in [-0.1, -0.05) is 0 Å². The van der Waals surface area contributed by atoms with Gasteiger partial charge in [0, 0.05) is 25.8 Å². The summed E-state index contributed by atoms with van der Waals surface area (Å²) in [7, 11) is 1.56. The lowest BCUT2D eigenvalue weighted by Crippen LogP contribution is -2.49. The molecular formula is C14H16F3NO2. The van der Waals surface area contributed by atoms with Crippen LogP contribution >= 0.6 is 0 Å². The number of ether oxygens (including phenoxy) is 1. The quantitative estimate of drug-likeness (QED) is 0.783. The second-order valence-electron chi connectivity index (χ2n) is 5.24. The van der Waals surface area contributed by atoms with Crippen LogP contribution in [0.2, 0.25) is 0 Å². The normalized spacial score (nSPS) is 22.9. The number of benzene rings is 1. The summed E-state index contributed by atoms with van der Waals surface area (Å²) in [6.07, 6.45) is 1.54. The largest absolute Gasteiger partial charge is 0.377 e. The SMILES string of the molecule is CO[C@]1(C)CCCN(C(=O)c2cc(F)c(F)c(F)c2)C1. The van der Waals surface area contributed by atoms with Gasteiger partial charge in [0.25, 0.3) is 5.91 Å². The predicted molar refractivity (Wildman–Crippen MR) is 66.9 cm³/mol. The van der Waals surface area contributed by atoms with E-state index < -0.39 is 29.0 Å². The van der Waals surface area contributed by atoms with Crippen LogP contribution in [0, 0.1) is 17.5 Å². The van der Waals surface area contributed by atoms with Gasteiger partial charge in [0.05, 0.1) is 5.60 Å². The number of hydrogen-bond donors (Lipinski definition) is 0. The third kappa shape index (κ3) is 2.80. The Balaban J connectivity index is 2.23. The zero-order valence-corrected chi connectivity index (χ0v) is 11.4. The Morgan fingerprint density at radius 1 is 1.30 bits per heavy atom. The number of carbonyl (C=O) groups excluding carboxylic acids is 1. The molecule has 1 aliphatic rings. The third-order valence-corrected chi connectivity index (χ3v) is 3.67. The van der Waals surface area contributed by atoms with Gasteiger partial charge in [-0.3, -0.25) is 4.79 Å². The Bertz CT molecular complexity index is 512. The maximum Gasteiger partial charge on any atom is 0.254 e. The molecule has 0 radical (unpaired) electrons. The lowest BCUT2D eigenvalue weighted by Gasteiger charge is -2.39. The average molecular weight is 287 g/mol. The maximum absolute atomic E-state index is 13.2. The second kappa shape index (κ2) is 5.44. The summed E-state index contributed by atoms with van der Waals surface area (Å²) in [5.74, 6) is -4.81. The van der Waals surface area contributed by atoms with Crippen LogP contribution in [0.5, 0.6) is 0 Å². The van der Waals surface area contributed by atoms with E-state index in [0.717, 1.165) is 25.0 Å². The number of carbonyl (C=O) groups is 1. The number of rotatable bonds is 2. The first kappa shape index (κ1) is 14.8. The molecule has 0 spiro atoms. The number of piperidine rings is 1. The average Bonchev–Trinajstić information content (AvgIpc) is 2.43. The van der Waals surface area contributed by atoms with Crippen molar-refractivity contribution in [3.63, 3.8) is 0 Å². The van der Waals surface area contributed by atoms with Crippen LogP contribution in [0.15, 0.2) is 12.1 Å². The Kier molecular flexibility index (Phi) is 4.04. The Morgan fingerprint density at radius 2 is 1.90 bits per heavy atom. The molecule has 0 N–H and O–H groups in total. The molecule has 2 rings (SSSR count). The number of amides is 1. The van der Waals surface area contributed by atoms with Crippen molar-refractivity contribution < 1.29 is 22.7 Å². The van der Waals surface area contributed by atoms with E-state index >= 15 is 0 Å². The Hall–Kier alpha value is -1.56. The molecule has 110 valence electrons. The highest BCUT2D eigenvalue weighted by Crippen LogP contribution is 2.25. The molecule has 0 aromatic heterocycles. The third-order valence-electron chi connectivity index (χ3n) is 3.67. The minimum Gasteiger partial charge on any atom is -0.377 e. The van der Waals surface area contributed by atoms with Crippen molar-refractivity contribution in [3.05, 3.63) is 35.1 Å². The standard InChI is InChI=1S/C14H16F3NO2/c1-14(20-2)4-3-5-18(8-14)13(19)9-6-10(15)12(17)11(16)7-9/h6-7H,3-5,8H2,1-2H3/t14-/m1/s1. The van der Waals surface area contributed by atoms with Crippen molar-refractivity contribution in [2.75, 3.05) is 20.2 Å². The van der Waals surface area contributed by atoms with Gasteiger partial charge in [-0.05, 0) is 31.9 Å². The molecule has 0 saturated carbocycles. The van der Waals surface area contributed by atoms with E-state index in [0.29, 0.717) is 13.1 Å². The first-order chi connectivity index (χ1) is 9.36. The van der Waals surface area contributed by atoms with Gasteiger partial charge in [-0.15, -0.1) is 0 Å². The zero-order valence-electron chi connectivity index (χ0n) is 11.4. The van der Waals surface area contributed by atoms with Crippen molar-refractivity contribution in [1.82, 2.24) is 4.90 Å². The van der Waals surface area contributed by atoms with Crippen molar-refractivity contribution >= 4 is 5.91 Å². The summed E-state index contributed by atoms with van der Waals surface area (Å²) in [4.78, 5) is 13.7. The van der Waals surface area contributed by atoms with Crippen LogP contribution in [-0.2, 0) is 4.74 Å². The highest BCUT2D eigenvalue weighted by molar-refractivity contribution is 5.94. The van der Waals surface area contributed by atoms with Crippen LogP contribution in [0.3, 0.4) is 0 Å². The summed E-state index contributed by atoms with van der Waals surface area (Å²) in [5.41, 5.74) is -0.660. The minimum absolute atomic E-state index is 0.193. The summed E-state index contributed by atoms with van der Waals surface area (Å²) < 4.78 is 44.6. The number of hydrogen-bond acceptors (Lipinski definition) is 2. The van der Waals surface area contributed by atoms with Crippen molar-refractivity contribution in [2.24, 2.45) is 0 Å². The van der Waals surface area contributed by atoms with E-state index in [1.165, 1.54) is 4.90 Å². The van der Waals surface area contributed by atoms with Gasteiger partial charge >= 0.3 is 0 Å². The topological polar surface area (TPSA) is 29.5 Å². The number of likely N-dealkylation sites (tertiary alicyclic amines) is 1. The van der Waals surface area contributed by atoms with E-state index in [4.69, 9.17) is 4.74 Å². The fraction of sp³-hybridized carbons (Fsp3) is 0.500. The van der Waals surface area contributed by atoms with Gasteiger partial charge in [0.15, 0.2) is 17.5 Å². The molecule has 1 saturated heterocycles. The molecule has 20 heavy (non-hydrogen) atoms. The summed E-state index contributed by atoms with van der Waals surface area (Å²) >= 11 is 0. The molecule has 3 nitrogen and oxygen atoms in total. The predicted octanol–water partition coefficient (Wildman–Crippen LogP) is 2.75. The Morgan fingerprint density at radius 3 is 2.45 bits per heavy atom. The van der Waals surface area contributed by atoms with Gasteiger partial charge in [-0.25, -0.2) is 13.2 Å². The van der Waals surface area contributed by atoms with Crippen LogP contribution in [0.4, 0.5) is 13.2 Å². The van der Waals surface area contributed by atoms with E-state index in [2.05, 4.69) is 0 Å². The van der Waals surface area contributed by atoms with Crippen LogP contribution < -0.4 is 0 Å². The van der Waals surface area contributed by atoms with Crippen LogP contribution in [0.1, 0.15) is 30.1 Å². The number of methoxy groups -OCH3 is 1. The summed E-state index contributed by atoms with van der Waals surface area (Å²) in [6.45, 7) is 2.69. The van der Waals surface area contributed by atoms with Gasteiger partial charge in [0.2, 0.25) is 0 Å². The van der Waals surface area contributed by atoms with Gasteiger partial charge < -0.3 is 9.64 Å². The van der Waals surface area contributed by atoms with Crippen LogP contribution in [-0.4, -0.2) is 36.6 Å². The van der Waals surface area contributed by atoms with E-state index in [9.17, 15) is 18.0 Å². The molecule has 0 unspecified atom stereocenters. The van der Waals surface area contributed by atoms with Gasteiger partial charge in [0.1, 0.15) is 0 Å². The molecule has 0 aliphatic carbocycles. The first-order valence-electron chi connectivity index (χ1n) is 6.35. The lowest BCUT2D eigenvalue weighted by molar-refractivity contribution is -0.0440. The molecular weight excluding hydrogens is 271 g/mol. The summed E-state index contributed by atoms with van der Waals surface area (Å²) in [5, 5.41) is 0. The highest BCUT2D eigenvalue weighted by atomic mass is 19.2. The van der Waals surface area contributed by atoms with E-state index in [-0.39, 0.29) is 5.56 Å². The summed E-state index contributed by atoms with van der Waals surface area (Å²) in [6, 6.07) is 1.44. The fourth-order valence-corrected chi connectivity index (χ4v) is 2.41. The lowest BCUT2D eigenvalue weighted by atomic mass is 9.94. The first-order valence-corrected chi connectivity index (χ1v) is 6.35. The zero-order chi connectivity index (χ0) is 14.9. The minimum atomic E-state index is -1.57. The molecule has 1 atom stereocenters. The molecule has 0 bridgehead atoms. The molecule has 1 fully saturated rings. The van der Waals surface area contributed by atoms with Crippen molar-refractivity contribution in [1.29, 1.82) is 0 Å². The van der Waals surface area contributed by atoms with E-state index in [1.54, 1.807) is 7.11 Å². The monoisotopic (exact) mass is 287 g/mol. The van der Waals surface area contributed by atoms with E-state index in [1.807, 2.05) is 6.92 Å². The maximum atomic E-state index is 13.2. The number of nitrogens with zero attached hydrogens (tertiary/aromatic N) is 1. The molecule has 1 amide bonds. The molecule has 1 aromatic carbocycles. The fourth-order valence-electron chi connectivity index (χ4n) is 2.41. The Labute approximate surface area is 115 Å². The number of halogens is 3. The molecule has 1 heterocycles. The van der Waals surface area contributed by atoms with Crippen molar-refractivity contribution in [3.8, 4) is 0 Å². The highest BCUT2D eigenvalue weighted by Gasteiger charge is 2.33. The smallest absolute Gasteiger partial charge is 0.254 e.